The summed E-state index contributed by atoms with van der Waals surface area (Å²) in [5.41, 5.74) is -9.68. The lowest BCUT2D eigenvalue weighted by Gasteiger charge is -2.67. The van der Waals surface area contributed by atoms with E-state index in [1.165, 1.54) is 52.0 Å². The fourth-order valence-electron chi connectivity index (χ4n) is 10.1. The number of fused-ring (bicyclic) bond motifs is 5. The molecule has 2 saturated carbocycles. The van der Waals surface area contributed by atoms with Crippen molar-refractivity contribution in [1.29, 1.82) is 0 Å². The number of amides is 1. The van der Waals surface area contributed by atoms with Gasteiger partial charge in [0.25, 0.3) is 0 Å². The SMILES string of the molecule is CC(=O)O[C@H]1C(=O)[C@]2(C)C(F)CC3OC[C@@]3(OC(C)=O)C2C(OC(=O)c2ccccc2)[C@]2(O)CC(OC(=O)C(OC(=O)OCC(Cl)(Cl)Cl)[C@@H](NC(=O)OC(C)(C)C)c3ccccc3)C(C)=C1C2(C)C. The van der Waals surface area contributed by atoms with E-state index in [0.717, 1.165) is 13.8 Å². The van der Waals surface area contributed by atoms with E-state index in [-0.39, 0.29) is 22.3 Å². The maximum atomic E-state index is 17.3. The van der Waals surface area contributed by atoms with Gasteiger partial charge in [0.1, 0.15) is 48.3 Å². The quantitative estimate of drug-likeness (QED) is 0.0972. The van der Waals surface area contributed by atoms with Crippen LogP contribution in [0.4, 0.5) is 14.0 Å². The number of alkyl halides is 4. The van der Waals surface area contributed by atoms with Crippen LogP contribution in [-0.2, 0) is 57.1 Å². The van der Waals surface area contributed by atoms with Crippen molar-refractivity contribution in [2.75, 3.05) is 13.2 Å². The molecule has 1 saturated heterocycles. The van der Waals surface area contributed by atoms with Crippen LogP contribution < -0.4 is 5.32 Å². The number of hydrogen-bond acceptors (Lipinski definition) is 16. The van der Waals surface area contributed by atoms with E-state index in [4.69, 9.17) is 72.7 Å². The zero-order valence-corrected chi connectivity index (χ0v) is 41.6. The molecule has 2 aromatic carbocycles. The Morgan fingerprint density at radius 2 is 1.52 bits per heavy atom. The minimum atomic E-state index is -2.57. The van der Waals surface area contributed by atoms with Crippen LogP contribution >= 0.6 is 34.8 Å². The number of alkyl carbamates (subject to hydrolysis) is 1. The Balaban J connectivity index is 1.57. The lowest BCUT2D eigenvalue weighted by molar-refractivity contribution is -0.341. The molecule has 2 N–H and O–H groups in total. The maximum absolute atomic E-state index is 17.3. The minimum absolute atomic E-state index is 0.0147. The minimum Gasteiger partial charge on any atom is -0.455 e. The van der Waals surface area contributed by atoms with Crippen molar-refractivity contribution in [3.63, 3.8) is 0 Å². The van der Waals surface area contributed by atoms with E-state index >= 15 is 9.18 Å². The summed E-state index contributed by atoms with van der Waals surface area (Å²) in [6.07, 6.45) is -15.0. The van der Waals surface area contributed by atoms with Crippen molar-refractivity contribution in [2.45, 2.75) is 138 Å². The van der Waals surface area contributed by atoms with E-state index in [1.54, 1.807) is 57.2 Å². The number of aliphatic hydroxyl groups is 1. The lowest BCUT2D eigenvalue weighted by atomic mass is 9.45. The van der Waals surface area contributed by atoms with Gasteiger partial charge in [-0.25, -0.2) is 23.6 Å². The van der Waals surface area contributed by atoms with Gasteiger partial charge in [-0.1, -0.05) is 97.2 Å². The number of carbonyl (C=O) groups is 7. The summed E-state index contributed by atoms with van der Waals surface area (Å²) < 4.78 is 61.5. The van der Waals surface area contributed by atoms with Crippen LogP contribution in [0.1, 0.15) is 97.1 Å². The molecule has 11 atom stereocenters. The van der Waals surface area contributed by atoms with Crippen LogP contribution in [-0.4, -0.2) is 118 Å². The number of rotatable bonds is 11. The smallest absolute Gasteiger partial charge is 0.455 e. The van der Waals surface area contributed by atoms with E-state index in [2.05, 4.69) is 5.32 Å². The Labute approximate surface area is 412 Å². The first-order valence-corrected chi connectivity index (χ1v) is 23.1. The predicted molar refractivity (Wildman–Crippen MR) is 243 cm³/mol. The predicted octanol–water partition coefficient (Wildman–Crippen LogP) is 7.34. The number of ketones is 1. The topological polar surface area (TPSA) is 226 Å². The Hall–Kier alpha value is -5.01. The van der Waals surface area contributed by atoms with Crippen LogP contribution in [0.2, 0.25) is 0 Å². The van der Waals surface area contributed by atoms with Gasteiger partial charge in [-0.2, -0.15) is 0 Å². The van der Waals surface area contributed by atoms with Gasteiger partial charge in [0.2, 0.25) is 9.90 Å². The fraction of sp³-hybridized carbons (Fsp3) is 0.562. The highest BCUT2D eigenvalue weighted by atomic mass is 35.6. The summed E-state index contributed by atoms with van der Waals surface area (Å²) in [7, 11) is 0. The van der Waals surface area contributed by atoms with E-state index in [9.17, 15) is 33.9 Å². The summed E-state index contributed by atoms with van der Waals surface area (Å²) in [6.45, 7) is 11.2. The number of nitrogens with one attached hydrogen (secondary N) is 1. The first-order chi connectivity index (χ1) is 32.0. The Kier molecular flexibility index (Phi) is 15.2. The summed E-state index contributed by atoms with van der Waals surface area (Å²) in [5.74, 6) is -7.10. The number of ether oxygens (including phenoxy) is 8. The molecular weight excluding hydrogens is 972 g/mol. The molecule has 1 aliphatic heterocycles. The molecule has 1 heterocycles. The molecule has 3 aliphatic carbocycles. The van der Waals surface area contributed by atoms with Crippen LogP contribution in [0.5, 0.6) is 0 Å². The molecule has 21 heteroatoms. The summed E-state index contributed by atoms with van der Waals surface area (Å²) in [4.78, 5) is 97.9. The van der Waals surface area contributed by atoms with Crippen molar-refractivity contribution >= 4 is 76.7 Å². The molecule has 6 rings (SSSR count). The van der Waals surface area contributed by atoms with Crippen LogP contribution in [0.25, 0.3) is 0 Å². The molecule has 17 nitrogen and oxygen atoms in total. The van der Waals surface area contributed by atoms with E-state index in [0.29, 0.717) is 0 Å². The average molecular weight is 1030 g/mol. The number of benzene rings is 2. The molecule has 0 radical (unpaired) electrons. The molecule has 69 heavy (non-hydrogen) atoms. The van der Waals surface area contributed by atoms with Crippen molar-refractivity contribution in [3.05, 3.63) is 82.9 Å². The Morgan fingerprint density at radius 1 is 0.913 bits per heavy atom. The van der Waals surface area contributed by atoms with E-state index in [1.807, 2.05) is 0 Å². The largest absolute Gasteiger partial charge is 0.509 e. The molecule has 0 spiro atoms. The second kappa shape index (κ2) is 19.6. The van der Waals surface area contributed by atoms with Gasteiger partial charge in [-0.05, 0) is 63.5 Å². The van der Waals surface area contributed by atoms with Gasteiger partial charge >= 0.3 is 36.1 Å². The van der Waals surface area contributed by atoms with Crippen molar-refractivity contribution < 1.29 is 81.0 Å². The molecule has 4 aliphatic rings. The average Bonchev–Trinajstić information content (AvgIpc) is 3.24. The van der Waals surface area contributed by atoms with Gasteiger partial charge in [0.15, 0.2) is 17.5 Å². The van der Waals surface area contributed by atoms with Gasteiger partial charge in [0.05, 0.1) is 23.5 Å². The van der Waals surface area contributed by atoms with Gasteiger partial charge < -0.3 is 48.3 Å². The highest BCUT2D eigenvalue weighted by Gasteiger charge is 2.79. The van der Waals surface area contributed by atoms with Crippen molar-refractivity contribution in [2.24, 2.45) is 16.7 Å². The van der Waals surface area contributed by atoms with Crippen LogP contribution in [0.3, 0.4) is 0 Å². The number of hydrogen-bond donors (Lipinski definition) is 2. The van der Waals surface area contributed by atoms with Crippen LogP contribution in [0, 0.1) is 16.7 Å². The highest BCUT2D eigenvalue weighted by Crippen LogP contribution is 2.65. The first-order valence-electron chi connectivity index (χ1n) is 22.0. The maximum Gasteiger partial charge on any atom is 0.509 e. The second-order valence-corrected chi connectivity index (χ2v) is 21.9. The third kappa shape index (κ3) is 10.6. The highest BCUT2D eigenvalue weighted by molar-refractivity contribution is 6.67. The normalized spacial score (nSPS) is 30.2. The fourth-order valence-corrected chi connectivity index (χ4v) is 10.3. The summed E-state index contributed by atoms with van der Waals surface area (Å²) >= 11 is 17.5. The molecular formula is C48H55Cl3FNO16. The van der Waals surface area contributed by atoms with Crippen LogP contribution in [0.15, 0.2) is 71.8 Å². The molecule has 3 fully saturated rings. The standard InChI is InChI=1S/C48H55Cl3FNO16/c1-24-29(65-40(58)35(66-42(60)63-23-48(49,50)51)33(27-16-12-10-13-17-27)53-41(59)69-43(4,5)6)21-47(61)38(67-39(57)28-18-14-11-15-19-28)36-45(9,30(52)20-31-46(36,22-62-31)68-26(3)55)37(56)34(64-25(2)54)32(24)44(47,7)8/h10-19,29-31,33-36,38,61H,20-23H2,1-9H3,(H,53,59)/t29?,30?,31?,33-,34+,35?,36?,38?,45+,46-,47+/m0/s1. The van der Waals surface area contributed by atoms with E-state index < -0.39 is 148 Å². The molecule has 1 amide bonds. The molecule has 6 unspecified atom stereocenters. The Morgan fingerprint density at radius 3 is 2.06 bits per heavy atom. The first kappa shape index (κ1) is 53.3. The zero-order valence-electron chi connectivity index (χ0n) is 39.3. The number of Topliss-reactive ketones (excluding diaryl/α,β-unsaturated/α-hetero) is 1. The number of halogens is 4. The third-order valence-corrected chi connectivity index (χ3v) is 13.7. The van der Waals surface area contributed by atoms with Gasteiger partial charge in [0, 0.05) is 32.1 Å². The molecule has 376 valence electrons. The van der Waals surface area contributed by atoms with Gasteiger partial charge in [-0.15, -0.1) is 0 Å². The molecule has 2 aromatic rings. The van der Waals surface area contributed by atoms with Crippen molar-refractivity contribution in [3.8, 4) is 0 Å². The zero-order chi connectivity index (χ0) is 51.2. The second-order valence-electron chi connectivity index (χ2n) is 19.4. The summed E-state index contributed by atoms with van der Waals surface area (Å²) in [6, 6.07) is 13.7. The third-order valence-electron chi connectivity index (χ3n) is 13.3. The Bertz CT molecular complexity index is 2370. The molecule has 2 bridgehead atoms. The number of carbonyl (C=O) groups excluding carboxylic acids is 7. The van der Waals surface area contributed by atoms with Gasteiger partial charge in [-0.3, -0.25) is 14.4 Å². The molecule has 0 aromatic heterocycles. The van der Waals surface area contributed by atoms with Crippen molar-refractivity contribution in [1.82, 2.24) is 5.32 Å². The summed E-state index contributed by atoms with van der Waals surface area (Å²) in [5, 5.41) is 16.4. The lowest BCUT2D eigenvalue weighted by Crippen LogP contribution is -2.81. The monoisotopic (exact) mass is 1030 g/mol. The number of esters is 4.